The van der Waals surface area contributed by atoms with Crippen molar-refractivity contribution in [2.45, 2.75) is 44.8 Å². The van der Waals surface area contributed by atoms with E-state index in [-0.39, 0.29) is 18.1 Å². The fourth-order valence-corrected chi connectivity index (χ4v) is 4.12. The summed E-state index contributed by atoms with van der Waals surface area (Å²) in [4.78, 5) is 33.7. The quantitative estimate of drug-likeness (QED) is 0.707. The number of fused-ring (bicyclic) bond motifs is 2. The number of nitrogens with one attached hydrogen (secondary N) is 1. The average Bonchev–Trinajstić information content (AvgIpc) is 2.93. The highest BCUT2D eigenvalue weighted by Gasteiger charge is 2.42. The van der Waals surface area contributed by atoms with Gasteiger partial charge in [-0.3, -0.25) is 4.90 Å². The van der Waals surface area contributed by atoms with Gasteiger partial charge in [-0.15, -0.1) is 5.06 Å². The molecule has 2 N–H and O–H groups in total. The van der Waals surface area contributed by atoms with Gasteiger partial charge in [-0.2, -0.15) is 5.26 Å². The van der Waals surface area contributed by atoms with Crippen LogP contribution in [0.25, 0.3) is 0 Å². The topological polar surface area (TPSA) is 109 Å². The fourth-order valence-electron chi connectivity index (χ4n) is 4.12. The molecule has 0 aromatic heterocycles. The van der Waals surface area contributed by atoms with Crippen molar-refractivity contribution in [3.05, 3.63) is 29.8 Å². The number of amides is 3. The number of rotatable bonds is 6. The molecule has 1 aromatic carbocycles. The number of carboxylic acid groups (broad SMARTS) is 1. The number of carbonyl (C=O) groups excluding carboxylic acids is 1. The Bertz CT molecular complexity index is 764. The Hall–Kier alpha value is -2.99. The van der Waals surface area contributed by atoms with Gasteiger partial charge in [0, 0.05) is 38.3 Å². The highest BCUT2D eigenvalue weighted by Crippen LogP contribution is 2.31. The highest BCUT2D eigenvalue weighted by molar-refractivity contribution is 5.74. The minimum Gasteiger partial charge on any atom is -0.463 e. The van der Waals surface area contributed by atoms with E-state index < -0.39 is 12.1 Å². The van der Waals surface area contributed by atoms with Gasteiger partial charge in [-0.25, -0.2) is 9.59 Å². The highest BCUT2D eigenvalue weighted by atomic mass is 16.7. The number of hydroxylamine groups is 2. The summed E-state index contributed by atoms with van der Waals surface area (Å²) in [6.07, 6.45) is 0.823. The summed E-state index contributed by atoms with van der Waals surface area (Å²) in [5.74, 6) is 0.363. The molecule has 156 valence electrons. The lowest BCUT2D eigenvalue weighted by Gasteiger charge is -2.42. The molecule has 2 aliphatic heterocycles. The van der Waals surface area contributed by atoms with E-state index in [0.717, 1.165) is 17.9 Å². The van der Waals surface area contributed by atoms with Crippen LogP contribution in [0.4, 0.5) is 9.59 Å². The third-order valence-electron chi connectivity index (χ3n) is 5.50. The first-order chi connectivity index (χ1) is 13.9. The van der Waals surface area contributed by atoms with E-state index in [1.165, 1.54) is 0 Å². The number of likely N-dealkylation sites (tertiary alicyclic amines) is 1. The summed E-state index contributed by atoms with van der Waals surface area (Å²) in [5, 5.41) is 22.3. The largest absolute Gasteiger partial charge is 0.463 e. The summed E-state index contributed by atoms with van der Waals surface area (Å²) in [6.45, 7) is 6.15. The normalized spacial score (nSPS) is 21.9. The van der Waals surface area contributed by atoms with E-state index in [1.54, 1.807) is 24.3 Å². The molecule has 3 amide bonds. The Labute approximate surface area is 170 Å². The first-order valence-corrected chi connectivity index (χ1v) is 9.91. The summed E-state index contributed by atoms with van der Waals surface area (Å²) in [6, 6.07) is 8.36. The molecule has 2 bridgehead atoms. The molecule has 2 saturated heterocycles. The van der Waals surface area contributed by atoms with Crippen molar-refractivity contribution in [3.8, 4) is 11.8 Å². The molecule has 29 heavy (non-hydrogen) atoms. The van der Waals surface area contributed by atoms with Gasteiger partial charge in [0.1, 0.15) is 0 Å². The Kier molecular flexibility index (Phi) is 6.44. The van der Waals surface area contributed by atoms with Crippen LogP contribution in [-0.4, -0.2) is 76.4 Å². The fraction of sp³-hybridized carbons (Fsp3) is 0.550. The van der Waals surface area contributed by atoms with Crippen LogP contribution in [0.2, 0.25) is 0 Å². The van der Waals surface area contributed by atoms with Crippen molar-refractivity contribution in [1.29, 1.82) is 5.26 Å². The summed E-state index contributed by atoms with van der Waals surface area (Å²) in [5.41, 5.74) is 0.480. The number of nitriles is 1. The second kappa shape index (κ2) is 9.01. The summed E-state index contributed by atoms with van der Waals surface area (Å²) < 4.78 is 0. The molecule has 3 rings (SSSR count). The molecule has 2 aliphatic rings. The molecule has 0 saturated carbocycles. The van der Waals surface area contributed by atoms with E-state index in [2.05, 4.69) is 10.2 Å². The first-order valence-electron chi connectivity index (χ1n) is 9.91. The standard InChI is InChI=1S/C20H27N5O4/c1-3-22-19(26)23-12-16-6-7-17(13-23)24(16)11-14(2)25(20(27)28)29-18-8-4-15(10-21)5-9-18/h4-5,8-9,14,16-17H,3,6-7,11-13H2,1-2H3,(H,22,26)(H,27,28). The van der Waals surface area contributed by atoms with E-state index in [9.17, 15) is 14.7 Å². The van der Waals surface area contributed by atoms with Gasteiger partial charge >= 0.3 is 12.1 Å². The monoisotopic (exact) mass is 401 g/mol. The lowest BCUT2D eigenvalue weighted by molar-refractivity contribution is -0.0770. The van der Waals surface area contributed by atoms with Crippen molar-refractivity contribution in [1.82, 2.24) is 20.2 Å². The maximum Gasteiger partial charge on any atom is 0.441 e. The molecule has 0 spiro atoms. The van der Waals surface area contributed by atoms with Gasteiger partial charge in [0.25, 0.3) is 0 Å². The van der Waals surface area contributed by atoms with E-state index >= 15 is 0 Å². The smallest absolute Gasteiger partial charge is 0.441 e. The van der Waals surface area contributed by atoms with Crippen molar-refractivity contribution < 1.29 is 19.5 Å². The lowest BCUT2D eigenvalue weighted by Crippen LogP contribution is -2.59. The minimum atomic E-state index is -1.17. The first kappa shape index (κ1) is 20.7. The second-order valence-electron chi connectivity index (χ2n) is 7.51. The molecule has 2 heterocycles. The Morgan fingerprint density at radius 3 is 2.45 bits per heavy atom. The number of urea groups is 1. The number of nitrogens with zero attached hydrogens (tertiary/aromatic N) is 4. The molecule has 2 fully saturated rings. The van der Waals surface area contributed by atoms with Gasteiger partial charge in [0.2, 0.25) is 0 Å². The van der Waals surface area contributed by atoms with Crippen LogP contribution in [-0.2, 0) is 0 Å². The SMILES string of the molecule is CCNC(=O)N1CC2CCC(C1)N2CC(C)N(Oc1ccc(C#N)cc1)C(=O)O. The molecule has 1 aromatic rings. The molecule has 3 unspecified atom stereocenters. The maximum absolute atomic E-state index is 12.2. The molecule has 0 radical (unpaired) electrons. The Morgan fingerprint density at radius 1 is 1.31 bits per heavy atom. The average molecular weight is 401 g/mol. The van der Waals surface area contributed by atoms with Crippen LogP contribution in [0.3, 0.4) is 0 Å². The maximum atomic E-state index is 12.2. The lowest BCUT2D eigenvalue weighted by atomic mass is 10.1. The zero-order chi connectivity index (χ0) is 21.0. The predicted molar refractivity (Wildman–Crippen MR) is 105 cm³/mol. The van der Waals surface area contributed by atoms with Gasteiger partial charge in [-0.05, 0) is 51.0 Å². The van der Waals surface area contributed by atoms with Gasteiger partial charge in [-0.1, -0.05) is 0 Å². The molecule has 3 atom stereocenters. The van der Waals surface area contributed by atoms with Gasteiger partial charge in [0.05, 0.1) is 17.7 Å². The third-order valence-corrected chi connectivity index (χ3v) is 5.50. The molecule has 9 nitrogen and oxygen atoms in total. The van der Waals surface area contributed by atoms with Crippen LogP contribution in [0.1, 0.15) is 32.3 Å². The van der Waals surface area contributed by atoms with Crippen molar-refractivity contribution >= 4 is 12.1 Å². The number of carbonyl (C=O) groups is 2. The number of piperazine rings is 1. The van der Waals surface area contributed by atoms with Crippen LogP contribution in [0, 0.1) is 11.3 Å². The van der Waals surface area contributed by atoms with Crippen LogP contribution >= 0.6 is 0 Å². The molecular weight excluding hydrogens is 374 g/mol. The van der Waals surface area contributed by atoms with Gasteiger partial charge in [0.15, 0.2) is 5.75 Å². The number of hydrogen-bond acceptors (Lipinski definition) is 5. The van der Waals surface area contributed by atoms with Crippen LogP contribution in [0.15, 0.2) is 24.3 Å². The van der Waals surface area contributed by atoms with Gasteiger partial charge < -0.3 is 20.2 Å². The summed E-state index contributed by atoms with van der Waals surface area (Å²) in [7, 11) is 0. The number of hydrogen-bond donors (Lipinski definition) is 2. The molecule has 9 heteroatoms. The van der Waals surface area contributed by atoms with Crippen molar-refractivity contribution in [2.75, 3.05) is 26.2 Å². The van der Waals surface area contributed by atoms with Crippen LogP contribution < -0.4 is 10.2 Å². The second-order valence-corrected chi connectivity index (χ2v) is 7.51. The predicted octanol–water partition coefficient (Wildman–Crippen LogP) is 2.10. The van der Waals surface area contributed by atoms with Crippen molar-refractivity contribution in [3.63, 3.8) is 0 Å². The zero-order valence-corrected chi connectivity index (χ0v) is 16.7. The molecular formula is C20H27N5O4. The molecule has 0 aliphatic carbocycles. The summed E-state index contributed by atoms with van der Waals surface area (Å²) >= 11 is 0. The Morgan fingerprint density at radius 2 is 1.93 bits per heavy atom. The van der Waals surface area contributed by atoms with Crippen LogP contribution in [0.5, 0.6) is 5.75 Å². The Balaban J connectivity index is 1.63. The van der Waals surface area contributed by atoms with E-state index in [0.29, 0.717) is 37.5 Å². The zero-order valence-electron chi connectivity index (χ0n) is 16.7. The van der Waals surface area contributed by atoms with E-state index in [4.69, 9.17) is 10.1 Å². The minimum absolute atomic E-state index is 0.0339. The third kappa shape index (κ3) is 4.71. The number of benzene rings is 1. The van der Waals surface area contributed by atoms with Crippen molar-refractivity contribution in [2.24, 2.45) is 0 Å². The van der Waals surface area contributed by atoms with E-state index in [1.807, 2.05) is 24.8 Å².